The average Bonchev–Trinajstić information content (AvgIpc) is 2.49. The highest BCUT2D eigenvalue weighted by molar-refractivity contribution is 5.85. The average molecular weight is 303 g/mol. The van der Waals surface area contributed by atoms with Crippen molar-refractivity contribution in [1.82, 2.24) is 10.2 Å². The van der Waals surface area contributed by atoms with Crippen LogP contribution in [0.5, 0.6) is 11.5 Å². The van der Waals surface area contributed by atoms with E-state index in [0.717, 1.165) is 43.2 Å². The van der Waals surface area contributed by atoms with Crippen LogP contribution in [0.1, 0.15) is 11.6 Å². The van der Waals surface area contributed by atoms with E-state index in [-0.39, 0.29) is 18.4 Å². The molecule has 0 aliphatic carbocycles. The molecular weight excluding hydrogens is 283 g/mol. The molecule has 0 saturated carbocycles. The van der Waals surface area contributed by atoms with E-state index in [1.807, 2.05) is 18.2 Å². The summed E-state index contributed by atoms with van der Waals surface area (Å²) in [6, 6.07) is 5.50. The number of rotatable bonds is 3. The third-order valence-electron chi connectivity index (χ3n) is 3.69. The molecule has 0 spiro atoms. The monoisotopic (exact) mass is 302 g/mol. The van der Waals surface area contributed by atoms with E-state index < -0.39 is 6.67 Å². The van der Waals surface area contributed by atoms with E-state index in [0.29, 0.717) is 13.2 Å². The smallest absolute Gasteiger partial charge is 0.166 e. The predicted octanol–water partition coefficient (Wildman–Crippen LogP) is 1.80. The molecule has 4 nitrogen and oxygen atoms in total. The molecule has 6 heteroatoms. The fourth-order valence-corrected chi connectivity index (χ4v) is 2.73. The second-order valence-electron chi connectivity index (χ2n) is 4.83. The molecule has 20 heavy (non-hydrogen) atoms. The zero-order valence-corrected chi connectivity index (χ0v) is 12.1. The number of alkyl halides is 1. The summed E-state index contributed by atoms with van der Waals surface area (Å²) < 4.78 is 24.8. The van der Waals surface area contributed by atoms with Crippen molar-refractivity contribution < 1.29 is 13.9 Å². The zero-order chi connectivity index (χ0) is 13.1. The Morgan fingerprint density at radius 3 is 2.70 bits per heavy atom. The molecule has 1 saturated heterocycles. The molecule has 1 fully saturated rings. The van der Waals surface area contributed by atoms with Crippen molar-refractivity contribution in [2.75, 3.05) is 46.1 Å². The Hall–Kier alpha value is -1.04. The van der Waals surface area contributed by atoms with Crippen molar-refractivity contribution in [3.8, 4) is 11.5 Å². The Balaban J connectivity index is 0.00000147. The molecule has 0 aromatic heterocycles. The van der Waals surface area contributed by atoms with Crippen LogP contribution in [0.4, 0.5) is 4.39 Å². The molecule has 2 heterocycles. The molecule has 112 valence electrons. The van der Waals surface area contributed by atoms with Gasteiger partial charge in [-0.3, -0.25) is 4.90 Å². The van der Waals surface area contributed by atoms with E-state index in [2.05, 4.69) is 10.2 Å². The zero-order valence-electron chi connectivity index (χ0n) is 11.3. The Kier molecular flexibility index (Phi) is 5.46. The Labute approximate surface area is 124 Å². The fourth-order valence-electron chi connectivity index (χ4n) is 2.73. The summed E-state index contributed by atoms with van der Waals surface area (Å²) in [6.45, 7) is 4.22. The summed E-state index contributed by atoms with van der Waals surface area (Å²) in [5, 5.41) is 3.29. The van der Waals surface area contributed by atoms with Crippen LogP contribution >= 0.6 is 12.4 Å². The van der Waals surface area contributed by atoms with Gasteiger partial charge < -0.3 is 14.8 Å². The van der Waals surface area contributed by atoms with Crippen molar-refractivity contribution >= 4 is 12.4 Å². The number of hydrogen-bond acceptors (Lipinski definition) is 4. The van der Waals surface area contributed by atoms with Gasteiger partial charge in [-0.2, -0.15) is 0 Å². The third kappa shape index (κ3) is 3.00. The van der Waals surface area contributed by atoms with Crippen LogP contribution in [-0.2, 0) is 0 Å². The first kappa shape index (κ1) is 15.4. The quantitative estimate of drug-likeness (QED) is 0.923. The van der Waals surface area contributed by atoms with Crippen LogP contribution < -0.4 is 14.8 Å². The molecule has 2 aliphatic heterocycles. The van der Waals surface area contributed by atoms with E-state index in [1.165, 1.54) is 0 Å². The lowest BCUT2D eigenvalue weighted by atomic mass is 10.0. The maximum Gasteiger partial charge on any atom is 0.166 e. The van der Waals surface area contributed by atoms with Crippen LogP contribution in [0.15, 0.2) is 18.2 Å². The summed E-state index contributed by atoms with van der Waals surface area (Å²) >= 11 is 0. The molecular formula is C14H20ClFN2O2. The lowest BCUT2D eigenvalue weighted by Crippen LogP contribution is -2.45. The van der Waals surface area contributed by atoms with Crippen molar-refractivity contribution in [2.24, 2.45) is 0 Å². The number of benzene rings is 1. The number of fused-ring (bicyclic) bond motifs is 1. The Morgan fingerprint density at radius 1 is 1.20 bits per heavy atom. The first-order chi connectivity index (χ1) is 9.40. The van der Waals surface area contributed by atoms with E-state index in [9.17, 15) is 4.39 Å². The normalized spacial score (nSPS) is 20.1. The number of nitrogens with one attached hydrogen (secondary N) is 1. The number of piperazine rings is 1. The van der Waals surface area contributed by atoms with Gasteiger partial charge in [-0.15, -0.1) is 12.4 Å². The number of ether oxygens (including phenoxy) is 2. The predicted molar refractivity (Wildman–Crippen MR) is 77.8 cm³/mol. The van der Waals surface area contributed by atoms with Crippen LogP contribution in [0.3, 0.4) is 0 Å². The van der Waals surface area contributed by atoms with Gasteiger partial charge in [0.15, 0.2) is 11.5 Å². The first-order valence-corrected chi connectivity index (χ1v) is 6.79. The summed E-state index contributed by atoms with van der Waals surface area (Å²) in [5.74, 6) is 1.45. The molecule has 1 aromatic rings. The summed E-state index contributed by atoms with van der Waals surface area (Å²) in [5.41, 5.74) is 0.904. The molecule has 1 aromatic carbocycles. The highest BCUT2D eigenvalue weighted by Gasteiger charge is 2.27. The molecule has 1 N–H and O–H groups in total. The SMILES string of the molecule is Cl.FC[C@@H](c1cccc2c1OCCO2)N1CCNCC1. The molecule has 1 atom stereocenters. The van der Waals surface area contributed by atoms with Gasteiger partial charge in [0.05, 0.1) is 6.04 Å². The van der Waals surface area contributed by atoms with E-state index in [4.69, 9.17) is 9.47 Å². The van der Waals surface area contributed by atoms with Gasteiger partial charge in [-0.05, 0) is 6.07 Å². The number of nitrogens with zero attached hydrogens (tertiary/aromatic N) is 1. The van der Waals surface area contributed by atoms with Crippen molar-refractivity contribution in [2.45, 2.75) is 6.04 Å². The van der Waals surface area contributed by atoms with Gasteiger partial charge in [-0.25, -0.2) is 4.39 Å². The first-order valence-electron chi connectivity index (χ1n) is 6.79. The summed E-state index contributed by atoms with van der Waals surface area (Å²) in [4.78, 5) is 2.17. The van der Waals surface area contributed by atoms with Crippen LogP contribution in [0.25, 0.3) is 0 Å². The molecule has 0 bridgehead atoms. The van der Waals surface area contributed by atoms with Crippen LogP contribution in [0, 0.1) is 0 Å². The van der Waals surface area contributed by atoms with Crippen molar-refractivity contribution in [1.29, 1.82) is 0 Å². The maximum atomic E-state index is 13.5. The molecule has 2 aliphatic rings. The standard InChI is InChI=1S/C14H19FN2O2.ClH/c15-10-12(17-6-4-16-5-7-17)11-2-1-3-13-14(11)19-9-8-18-13;/h1-3,12,16H,4-10H2;1H/t12-;/m0./s1. The van der Waals surface area contributed by atoms with E-state index in [1.54, 1.807) is 0 Å². The number of para-hydroxylation sites is 1. The van der Waals surface area contributed by atoms with Gasteiger partial charge in [-0.1, -0.05) is 12.1 Å². The van der Waals surface area contributed by atoms with E-state index >= 15 is 0 Å². The molecule has 3 rings (SSSR count). The van der Waals surface area contributed by atoms with Gasteiger partial charge in [0.1, 0.15) is 19.9 Å². The molecule has 0 unspecified atom stereocenters. The minimum absolute atomic E-state index is 0. The Bertz CT molecular complexity index is 441. The van der Waals surface area contributed by atoms with Crippen molar-refractivity contribution in [3.05, 3.63) is 23.8 Å². The minimum atomic E-state index is -0.403. The summed E-state index contributed by atoms with van der Waals surface area (Å²) in [6.07, 6.45) is 0. The second kappa shape index (κ2) is 7.11. The van der Waals surface area contributed by atoms with Gasteiger partial charge in [0.2, 0.25) is 0 Å². The number of hydrogen-bond donors (Lipinski definition) is 1. The molecule has 0 amide bonds. The fraction of sp³-hybridized carbons (Fsp3) is 0.571. The van der Waals surface area contributed by atoms with Crippen molar-refractivity contribution in [3.63, 3.8) is 0 Å². The van der Waals surface area contributed by atoms with Crippen LogP contribution in [0.2, 0.25) is 0 Å². The lowest BCUT2D eigenvalue weighted by molar-refractivity contribution is 0.133. The largest absolute Gasteiger partial charge is 0.486 e. The van der Waals surface area contributed by atoms with Gasteiger partial charge in [0, 0.05) is 31.7 Å². The van der Waals surface area contributed by atoms with Gasteiger partial charge >= 0.3 is 0 Å². The third-order valence-corrected chi connectivity index (χ3v) is 3.69. The highest BCUT2D eigenvalue weighted by Crippen LogP contribution is 2.39. The lowest BCUT2D eigenvalue weighted by Gasteiger charge is -2.35. The number of halogens is 2. The summed E-state index contributed by atoms with van der Waals surface area (Å²) in [7, 11) is 0. The Morgan fingerprint density at radius 2 is 1.95 bits per heavy atom. The molecule has 0 radical (unpaired) electrons. The van der Waals surface area contributed by atoms with Crippen LogP contribution in [-0.4, -0.2) is 51.0 Å². The van der Waals surface area contributed by atoms with Gasteiger partial charge in [0.25, 0.3) is 0 Å². The maximum absolute atomic E-state index is 13.5. The topological polar surface area (TPSA) is 33.7 Å². The minimum Gasteiger partial charge on any atom is -0.486 e. The second-order valence-corrected chi connectivity index (χ2v) is 4.83. The highest BCUT2D eigenvalue weighted by atomic mass is 35.5.